The number of benzene rings is 2. The van der Waals surface area contributed by atoms with Crippen LogP contribution >= 0.6 is 22.9 Å². The van der Waals surface area contributed by atoms with E-state index >= 15 is 0 Å². The van der Waals surface area contributed by atoms with Crippen molar-refractivity contribution in [2.45, 2.75) is 18.5 Å². The lowest BCUT2D eigenvalue weighted by Crippen LogP contribution is -2.16. The Balaban J connectivity index is 1.74. The third-order valence-corrected chi connectivity index (χ3v) is 7.30. The highest BCUT2D eigenvalue weighted by atomic mass is 35.5. The summed E-state index contributed by atoms with van der Waals surface area (Å²) in [7, 11) is -3.94. The van der Waals surface area contributed by atoms with E-state index in [1.807, 2.05) is 43.3 Å². The first-order chi connectivity index (χ1) is 13.5. The highest BCUT2D eigenvalue weighted by Gasteiger charge is 2.26. The number of thiazole rings is 1. The molecule has 3 aromatic heterocycles. The number of nitrogens with zero attached hydrogens (tertiary/aromatic N) is 3. The summed E-state index contributed by atoms with van der Waals surface area (Å²) in [5, 5.41) is 3.76. The van der Waals surface area contributed by atoms with Crippen LogP contribution in [0.4, 0.5) is 5.69 Å². The van der Waals surface area contributed by atoms with Gasteiger partial charge in [0.15, 0.2) is 15.1 Å². The summed E-state index contributed by atoms with van der Waals surface area (Å²) in [6, 6.07) is 13.7. The third kappa shape index (κ3) is 2.45. The van der Waals surface area contributed by atoms with Crippen LogP contribution in [-0.2, 0) is 16.6 Å². The summed E-state index contributed by atoms with van der Waals surface area (Å²) < 4.78 is 32.7. The van der Waals surface area contributed by atoms with Gasteiger partial charge in [-0.15, -0.1) is 11.3 Å². The maximum atomic E-state index is 13.2. The van der Waals surface area contributed by atoms with Crippen molar-refractivity contribution in [3.63, 3.8) is 0 Å². The van der Waals surface area contributed by atoms with E-state index in [-0.39, 0.29) is 10.2 Å². The molecule has 9 heteroatoms. The smallest absolute Gasteiger partial charge is 0.281 e. The zero-order valence-corrected chi connectivity index (χ0v) is 17.1. The second-order valence-electron chi connectivity index (χ2n) is 6.33. The average molecular weight is 431 g/mol. The van der Waals surface area contributed by atoms with E-state index in [0.717, 1.165) is 21.8 Å². The molecule has 0 atom stereocenters. The zero-order chi connectivity index (χ0) is 19.5. The molecule has 0 fully saturated rings. The largest absolute Gasteiger partial charge is 0.339 e. The summed E-state index contributed by atoms with van der Waals surface area (Å²) >= 11 is 7.48. The van der Waals surface area contributed by atoms with Crippen molar-refractivity contribution in [3.8, 4) is 0 Å². The van der Waals surface area contributed by atoms with Crippen LogP contribution in [0.5, 0.6) is 0 Å². The van der Waals surface area contributed by atoms with Gasteiger partial charge in [0.25, 0.3) is 10.0 Å². The first-order valence-corrected chi connectivity index (χ1v) is 11.4. The molecule has 0 aliphatic heterocycles. The number of sulfonamides is 1. The van der Waals surface area contributed by atoms with Crippen LogP contribution in [0.25, 0.3) is 26.8 Å². The Labute approximate surface area is 170 Å². The maximum absolute atomic E-state index is 13.2. The first-order valence-electron chi connectivity index (χ1n) is 8.65. The predicted octanol–water partition coefficient (Wildman–Crippen LogP) is 4.98. The monoisotopic (exact) mass is 430 g/mol. The number of aryl methyl sites for hydroxylation is 1. The molecule has 6 nitrogen and oxygen atoms in total. The van der Waals surface area contributed by atoms with E-state index in [1.165, 1.54) is 15.7 Å². The molecule has 5 aromatic rings. The number of para-hydroxylation sites is 2. The van der Waals surface area contributed by atoms with Gasteiger partial charge in [0.1, 0.15) is 0 Å². The number of halogens is 1. The van der Waals surface area contributed by atoms with E-state index in [1.54, 1.807) is 17.6 Å². The van der Waals surface area contributed by atoms with Gasteiger partial charge in [0.2, 0.25) is 0 Å². The van der Waals surface area contributed by atoms with E-state index in [4.69, 9.17) is 11.6 Å². The summed E-state index contributed by atoms with van der Waals surface area (Å²) in [4.78, 5) is 4.67. The molecule has 0 amide bonds. The van der Waals surface area contributed by atoms with Gasteiger partial charge >= 0.3 is 0 Å². The molecule has 0 aliphatic carbocycles. The van der Waals surface area contributed by atoms with Crippen molar-refractivity contribution in [1.82, 2.24) is 14.0 Å². The van der Waals surface area contributed by atoms with Gasteiger partial charge in [-0.25, -0.2) is 4.98 Å². The number of imidazole rings is 1. The van der Waals surface area contributed by atoms with Crippen LogP contribution in [0.2, 0.25) is 5.15 Å². The van der Waals surface area contributed by atoms with Crippen LogP contribution in [0.1, 0.15) is 6.92 Å². The molecule has 5 rings (SSSR count). The van der Waals surface area contributed by atoms with Crippen molar-refractivity contribution < 1.29 is 8.42 Å². The predicted molar refractivity (Wildman–Crippen MR) is 114 cm³/mol. The molecule has 0 saturated heterocycles. The van der Waals surface area contributed by atoms with Crippen LogP contribution in [0, 0.1) is 0 Å². The second kappa shape index (κ2) is 6.23. The van der Waals surface area contributed by atoms with Gasteiger partial charge in [0.05, 0.1) is 11.2 Å². The van der Waals surface area contributed by atoms with E-state index in [0.29, 0.717) is 17.2 Å². The highest BCUT2D eigenvalue weighted by molar-refractivity contribution is 7.92. The van der Waals surface area contributed by atoms with Crippen LogP contribution in [-0.4, -0.2) is 22.4 Å². The average Bonchev–Trinajstić information content (AvgIpc) is 3.32. The quantitative estimate of drug-likeness (QED) is 0.437. The first kappa shape index (κ1) is 17.5. The van der Waals surface area contributed by atoms with Gasteiger partial charge in [0, 0.05) is 34.4 Å². The van der Waals surface area contributed by atoms with Gasteiger partial charge in [-0.2, -0.15) is 8.42 Å². The minimum absolute atomic E-state index is 0.0393. The minimum Gasteiger partial charge on any atom is -0.339 e. The Morgan fingerprint density at radius 3 is 2.75 bits per heavy atom. The van der Waals surface area contributed by atoms with Gasteiger partial charge < -0.3 is 4.57 Å². The molecule has 3 heterocycles. The molecule has 0 saturated carbocycles. The Kier molecular flexibility index (Phi) is 3.90. The standard InChI is InChI=1S/C19H15ClN4O2S2/c1-2-23-15-9-4-3-6-12(15)13-7-5-8-14(16(13)23)22-28(25,26)18-17(20)21-19-24(18)10-11-27-19/h3-11,22H,2H2,1H3. The maximum Gasteiger partial charge on any atom is 0.281 e. The van der Waals surface area contributed by atoms with Crippen molar-refractivity contribution >= 4 is 65.4 Å². The Morgan fingerprint density at radius 2 is 1.93 bits per heavy atom. The van der Waals surface area contributed by atoms with E-state index < -0.39 is 10.0 Å². The number of hydrogen-bond donors (Lipinski definition) is 1. The van der Waals surface area contributed by atoms with Crippen LogP contribution in [0.15, 0.2) is 59.1 Å². The molecule has 28 heavy (non-hydrogen) atoms. The van der Waals surface area contributed by atoms with Crippen molar-refractivity contribution in [2.75, 3.05) is 4.72 Å². The molecule has 2 aromatic carbocycles. The Hall–Kier alpha value is -2.55. The molecule has 0 radical (unpaired) electrons. The molecule has 0 spiro atoms. The van der Waals surface area contributed by atoms with E-state index in [2.05, 4.69) is 14.3 Å². The Morgan fingerprint density at radius 1 is 1.14 bits per heavy atom. The van der Waals surface area contributed by atoms with Gasteiger partial charge in [-0.05, 0) is 19.1 Å². The summed E-state index contributed by atoms with van der Waals surface area (Å²) in [6.07, 6.45) is 1.65. The lowest BCUT2D eigenvalue weighted by Gasteiger charge is -2.11. The molecular formula is C19H15ClN4O2S2. The number of nitrogens with one attached hydrogen (secondary N) is 1. The summed E-state index contributed by atoms with van der Waals surface area (Å²) in [5.74, 6) is 0. The third-order valence-electron chi connectivity index (χ3n) is 4.78. The lowest BCUT2D eigenvalue weighted by atomic mass is 10.1. The SMILES string of the molecule is CCn1c2ccccc2c2cccc(NS(=O)(=O)c3c(Cl)nc4sccn34)c21. The Bertz CT molecular complexity index is 1460. The molecular weight excluding hydrogens is 416 g/mol. The second-order valence-corrected chi connectivity index (χ2v) is 9.16. The number of aromatic nitrogens is 3. The topological polar surface area (TPSA) is 68.4 Å². The number of rotatable bonds is 4. The molecule has 1 N–H and O–H groups in total. The van der Waals surface area contributed by atoms with Gasteiger partial charge in [-0.3, -0.25) is 9.12 Å². The lowest BCUT2D eigenvalue weighted by molar-refractivity contribution is 0.596. The number of hydrogen-bond acceptors (Lipinski definition) is 4. The van der Waals surface area contributed by atoms with Crippen LogP contribution < -0.4 is 4.72 Å². The molecule has 0 unspecified atom stereocenters. The zero-order valence-electron chi connectivity index (χ0n) is 14.8. The van der Waals surface area contributed by atoms with Crippen LogP contribution in [0.3, 0.4) is 0 Å². The van der Waals surface area contributed by atoms with Crippen molar-refractivity contribution in [2.24, 2.45) is 0 Å². The minimum atomic E-state index is -3.94. The fourth-order valence-corrected chi connectivity index (χ4v) is 6.21. The summed E-state index contributed by atoms with van der Waals surface area (Å²) in [6.45, 7) is 2.75. The normalized spacial score (nSPS) is 12.4. The molecule has 0 aliphatic rings. The number of fused-ring (bicyclic) bond motifs is 4. The number of anilines is 1. The van der Waals surface area contributed by atoms with Gasteiger partial charge in [-0.1, -0.05) is 41.9 Å². The van der Waals surface area contributed by atoms with Crippen molar-refractivity contribution in [1.29, 1.82) is 0 Å². The van der Waals surface area contributed by atoms with E-state index in [9.17, 15) is 8.42 Å². The molecule has 0 bridgehead atoms. The summed E-state index contributed by atoms with van der Waals surface area (Å²) in [5.41, 5.74) is 2.42. The fraction of sp³-hybridized carbons (Fsp3) is 0.105. The fourth-order valence-electron chi connectivity index (χ4n) is 3.69. The molecule has 142 valence electrons. The highest BCUT2D eigenvalue weighted by Crippen LogP contribution is 2.35. The van der Waals surface area contributed by atoms with Crippen molar-refractivity contribution in [3.05, 3.63) is 59.2 Å².